The fraction of sp³-hybridized carbons (Fsp3) is 0.571. The Morgan fingerprint density at radius 2 is 2.08 bits per heavy atom. The van der Waals surface area contributed by atoms with Crippen molar-refractivity contribution in [3.8, 4) is 0 Å². The highest BCUT2D eigenvalue weighted by Gasteiger charge is 2.09. The Morgan fingerprint density at radius 3 is 2.38 bits per heavy atom. The van der Waals surface area contributed by atoms with Crippen molar-refractivity contribution in [1.82, 2.24) is 0 Å². The Morgan fingerprint density at radius 1 is 1.54 bits per heavy atom. The Kier molecular flexibility index (Phi) is 4.64. The predicted octanol–water partition coefficient (Wildman–Crippen LogP) is 0.434. The van der Waals surface area contributed by atoms with Gasteiger partial charge in [0, 0.05) is 5.57 Å². The highest BCUT2D eigenvalue weighted by molar-refractivity contribution is 7.88. The number of nitrogens with two attached hydrogens (primary N) is 1. The molecule has 3 N–H and O–H groups in total. The molecule has 0 aliphatic heterocycles. The molecule has 5 nitrogen and oxygen atoms in total. The molecular formula is C7H13NO4S. The molecule has 76 valence electrons. The first-order chi connectivity index (χ1) is 5.87. The Balaban J connectivity index is 4.62. The maximum atomic E-state index is 10.7. The summed E-state index contributed by atoms with van der Waals surface area (Å²) in [6.45, 7) is 1.89. The monoisotopic (exact) mass is 207 g/mol. The number of hydrogen-bond donors (Lipinski definition) is 2. The Labute approximate surface area is 77.4 Å². The zero-order chi connectivity index (χ0) is 10.5. The lowest BCUT2D eigenvalue weighted by atomic mass is 10.1. The van der Waals surface area contributed by atoms with Crippen molar-refractivity contribution in [3.05, 3.63) is 11.0 Å². The fourth-order valence-corrected chi connectivity index (χ4v) is 1.38. The summed E-state index contributed by atoms with van der Waals surface area (Å²) in [5, 5.41) is 0.505. The normalized spacial score (nSPS) is 12.9. The summed E-state index contributed by atoms with van der Waals surface area (Å²) >= 11 is 0. The van der Waals surface area contributed by atoms with Crippen molar-refractivity contribution in [2.75, 3.05) is 0 Å². The third-order valence-corrected chi connectivity index (χ3v) is 1.99. The average Bonchev–Trinajstić information content (AvgIpc) is 1.95. The molecule has 0 fully saturated rings. The van der Waals surface area contributed by atoms with Crippen LogP contribution in [0.2, 0.25) is 0 Å². The van der Waals surface area contributed by atoms with Gasteiger partial charge in [-0.05, 0) is 12.8 Å². The van der Waals surface area contributed by atoms with E-state index in [2.05, 4.69) is 0 Å². The third kappa shape index (κ3) is 6.30. The maximum Gasteiger partial charge on any atom is 0.288 e. The van der Waals surface area contributed by atoms with Crippen LogP contribution in [0, 0.1) is 0 Å². The molecule has 0 radical (unpaired) electrons. The van der Waals surface area contributed by atoms with Gasteiger partial charge >= 0.3 is 0 Å². The number of unbranched alkanes of at least 4 members (excludes halogenated alkanes) is 1. The van der Waals surface area contributed by atoms with Gasteiger partial charge in [0.25, 0.3) is 10.1 Å². The molecule has 0 heterocycles. The van der Waals surface area contributed by atoms with Crippen molar-refractivity contribution >= 4 is 16.0 Å². The minimum absolute atomic E-state index is 0.0654. The molecule has 0 atom stereocenters. The van der Waals surface area contributed by atoms with Crippen LogP contribution in [-0.2, 0) is 14.9 Å². The van der Waals surface area contributed by atoms with Crippen molar-refractivity contribution in [2.45, 2.75) is 26.2 Å². The number of rotatable bonds is 5. The molecule has 6 heteroatoms. The van der Waals surface area contributed by atoms with Crippen LogP contribution in [0.15, 0.2) is 11.0 Å². The smallest absolute Gasteiger partial charge is 0.288 e. The first kappa shape index (κ1) is 12.1. The molecular weight excluding hydrogens is 194 g/mol. The number of carbonyl (C=O) groups is 1. The van der Waals surface area contributed by atoms with Crippen LogP contribution in [0.25, 0.3) is 0 Å². The van der Waals surface area contributed by atoms with Gasteiger partial charge in [-0.15, -0.1) is 0 Å². The highest BCUT2D eigenvalue weighted by atomic mass is 32.2. The van der Waals surface area contributed by atoms with Gasteiger partial charge < -0.3 is 5.73 Å². The van der Waals surface area contributed by atoms with Crippen LogP contribution in [-0.4, -0.2) is 18.9 Å². The van der Waals surface area contributed by atoms with Gasteiger partial charge in [0.05, 0.1) is 5.41 Å². The molecule has 0 aromatic carbocycles. The van der Waals surface area contributed by atoms with Gasteiger partial charge in [0.1, 0.15) is 0 Å². The van der Waals surface area contributed by atoms with Crippen LogP contribution < -0.4 is 5.73 Å². The van der Waals surface area contributed by atoms with Crippen LogP contribution in [0.5, 0.6) is 0 Å². The van der Waals surface area contributed by atoms with Gasteiger partial charge in [0.15, 0.2) is 0 Å². The second kappa shape index (κ2) is 4.98. The van der Waals surface area contributed by atoms with E-state index in [1.165, 1.54) is 0 Å². The van der Waals surface area contributed by atoms with Crippen LogP contribution >= 0.6 is 0 Å². The standard InChI is InChI=1S/C7H13NO4S/c1-2-3-4-6(7(8)9)5-13(10,11)12/h5H,2-4H2,1H3,(H2,8,9)(H,10,11,12)/b6-5+. The number of primary amides is 1. The molecule has 0 aliphatic carbocycles. The molecule has 0 aromatic heterocycles. The summed E-state index contributed by atoms with van der Waals surface area (Å²) in [5.41, 5.74) is 4.84. The molecule has 0 rings (SSSR count). The van der Waals surface area contributed by atoms with Gasteiger partial charge in [-0.1, -0.05) is 13.3 Å². The van der Waals surface area contributed by atoms with Crippen molar-refractivity contribution < 1.29 is 17.8 Å². The fourth-order valence-electron chi connectivity index (χ4n) is 0.787. The molecule has 0 unspecified atom stereocenters. The molecule has 1 amide bonds. The van der Waals surface area contributed by atoms with E-state index in [0.29, 0.717) is 11.8 Å². The second-order valence-electron chi connectivity index (χ2n) is 2.63. The highest BCUT2D eigenvalue weighted by Crippen LogP contribution is 2.08. The quantitative estimate of drug-likeness (QED) is 0.504. The minimum Gasteiger partial charge on any atom is -0.366 e. The van der Waals surface area contributed by atoms with Crippen molar-refractivity contribution in [1.29, 1.82) is 0 Å². The third-order valence-electron chi connectivity index (χ3n) is 1.41. The van der Waals surface area contributed by atoms with E-state index < -0.39 is 16.0 Å². The predicted molar refractivity (Wildman–Crippen MR) is 48.4 cm³/mol. The summed E-state index contributed by atoms with van der Waals surface area (Å²) in [4.78, 5) is 10.7. The SMILES string of the molecule is CCCC/C(=C\S(=O)(=O)O)C(N)=O. The van der Waals surface area contributed by atoms with Crippen molar-refractivity contribution in [2.24, 2.45) is 5.73 Å². The van der Waals surface area contributed by atoms with E-state index in [0.717, 1.165) is 6.42 Å². The summed E-state index contributed by atoms with van der Waals surface area (Å²) < 4.78 is 29.2. The number of amides is 1. The second-order valence-corrected chi connectivity index (χ2v) is 3.89. The largest absolute Gasteiger partial charge is 0.366 e. The zero-order valence-corrected chi connectivity index (χ0v) is 8.17. The topological polar surface area (TPSA) is 97.5 Å². The summed E-state index contributed by atoms with van der Waals surface area (Å²) in [6.07, 6.45) is 1.74. The van der Waals surface area contributed by atoms with E-state index in [1.807, 2.05) is 6.92 Å². The lowest BCUT2D eigenvalue weighted by Gasteiger charge is -1.99. The zero-order valence-electron chi connectivity index (χ0n) is 7.36. The summed E-state index contributed by atoms with van der Waals surface area (Å²) in [7, 11) is -4.26. The first-order valence-electron chi connectivity index (χ1n) is 3.84. The molecule has 0 aliphatic rings. The molecule has 0 saturated heterocycles. The van der Waals surface area contributed by atoms with E-state index in [1.54, 1.807) is 0 Å². The lowest BCUT2D eigenvalue weighted by Crippen LogP contribution is -2.15. The molecule has 0 spiro atoms. The minimum atomic E-state index is -4.26. The maximum absolute atomic E-state index is 10.7. The molecule has 0 bridgehead atoms. The van der Waals surface area contributed by atoms with Crippen LogP contribution in [0.3, 0.4) is 0 Å². The number of hydrogen-bond acceptors (Lipinski definition) is 3. The van der Waals surface area contributed by atoms with Gasteiger partial charge in [0.2, 0.25) is 5.91 Å². The lowest BCUT2D eigenvalue weighted by molar-refractivity contribution is -0.114. The van der Waals surface area contributed by atoms with Gasteiger partial charge in [-0.3, -0.25) is 9.35 Å². The first-order valence-corrected chi connectivity index (χ1v) is 5.35. The molecule has 0 aromatic rings. The molecule has 13 heavy (non-hydrogen) atoms. The summed E-state index contributed by atoms with van der Waals surface area (Å²) in [5.74, 6) is -0.814. The van der Waals surface area contributed by atoms with E-state index >= 15 is 0 Å². The van der Waals surface area contributed by atoms with Crippen LogP contribution in [0.1, 0.15) is 26.2 Å². The molecule has 0 saturated carbocycles. The van der Waals surface area contributed by atoms with Crippen molar-refractivity contribution in [3.63, 3.8) is 0 Å². The number of carbonyl (C=O) groups excluding carboxylic acids is 1. The average molecular weight is 207 g/mol. The van der Waals surface area contributed by atoms with E-state index in [4.69, 9.17) is 10.3 Å². The van der Waals surface area contributed by atoms with E-state index in [9.17, 15) is 13.2 Å². The summed E-state index contributed by atoms with van der Waals surface area (Å²) in [6, 6.07) is 0. The van der Waals surface area contributed by atoms with Crippen LogP contribution in [0.4, 0.5) is 0 Å². The van der Waals surface area contributed by atoms with E-state index in [-0.39, 0.29) is 12.0 Å². The van der Waals surface area contributed by atoms with Gasteiger partial charge in [-0.25, -0.2) is 0 Å². The Bertz CT molecular complexity index is 304. The van der Waals surface area contributed by atoms with Gasteiger partial charge in [-0.2, -0.15) is 8.42 Å². The Hall–Kier alpha value is -0.880.